The minimum atomic E-state index is -2.68. The van der Waals surface area contributed by atoms with Crippen molar-refractivity contribution in [3.05, 3.63) is 23.8 Å². The largest absolute Gasteiger partial charge is 0.355 e. The number of nitrogens with one attached hydrogen (secondary N) is 1. The van der Waals surface area contributed by atoms with E-state index in [1.165, 1.54) is 0 Å². The van der Waals surface area contributed by atoms with Crippen molar-refractivity contribution < 1.29 is 13.6 Å². The minimum absolute atomic E-state index is 0.188. The van der Waals surface area contributed by atoms with Gasteiger partial charge in [-0.15, -0.1) is 0 Å². The van der Waals surface area contributed by atoms with Gasteiger partial charge in [0.15, 0.2) is 0 Å². The van der Waals surface area contributed by atoms with Crippen LogP contribution in [0.2, 0.25) is 0 Å². The van der Waals surface area contributed by atoms with E-state index in [9.17, 15) is 13.6 Å². The molecule has 1 N–H and O–H groups in total. The van der Waals surface area contributed by atoms with E-state index in [0.717, 1.165) is 5.56 Å². The Morgan fingerprint density at radius 1 is 1.47 bits per heavy atom. The molecule has 1 unspecified atom stereocenters. The quantitative estimate of drug-likeness (QED) is 0.908. The number of rotatable bonds is 4. The molecule has 19 heavy (non-hydrogen) atoms. The molecule has 1 amide bonds. The molecule has 0 bridgehead atoms. The molecule has 104 valence electrons. The van der Waals surface area contributed by atoms with Crippen LogP contribution in [0.4, 0.5) is 8.78 Å². The van der Waals surface area contributed by atoms with Crippen LogP contribution >= 0.6 is 0 Å². The van der Waals surface area contributed by atoms with Crippen LogP contribution in [0.25, 0.3) is 0 Å². The van der Waals surface area contributed by atoms with Crippen LogP contribution < -0.4 is 5.32 Å². The lowest BCUT2D eigenvalue weighted by molar-refractivity contribution is -0.125. The van der Waals surface area contributed by atoms with Gasteiger partial charge in [0.2, 0.25) is 11.8 Å². The van der Waals surface area contributed by atoms with E-state index < -0.39 is 11.8 Å². The first-order valence-corrected chi connectivity index (χ1v) is 6.39. The van der Waals surface area contributed by atoms with E-state index in [2.05, 4.69) is 15.3 Å². The molecule has 6 heteroatoms. The molecule has 2 rings (SSSR count). The summed E-state index contributed by atoms with van der Waals surface area (Å²) in [5.41, 5.74) is 0.973. The Labute approximate surface area is 110 Å². The first kappa shape index (κ1) is 13.8. The van der Waals surface area contributed by atoms with Gasteiger partial charge in [0.1, 0.15) is 5.82 Å². The highest BCUT2D eigenvalue weighted by Gasteiger charge is 2.42. The fourth-order valence-electron chi connectivity index (χ4n) is 2.16. The predicted octanol–water partition coefficient (Wildman–Crippen LogP) is 1.88. The lowest BCUT2D eigenvalue weighted by Gasteiger charge is -2.11. The van der Waals surface area contributed by atoms with Gasteiger partial charge in [-0.3, -0.25) is 4.79 Å². The number of carbonyl (C=O) groups excluding carboxylic acids is 1. The molecule has 0 saturated heterocycles. The van der Waals surface area contributed by atoms with Crippen LogP contribution in [0.5, 0.6) is 0 Å². The molecule has 1 saturated carbocycles. The number of carbonyl (C=O) groups is 1. The Hall–Kier alpha value is -1.59. The maximum Gasteiger partial charge on any atom is 0.248 e. The molecular weight excluding hydrogens is 252 g/mol. The minimum Gasteiger partial charge on any atom is -0.355 e. The number of aromatic nitrogens is 2. The van der Waals surface area contributed by atoms with Crippen LogP contribution in [0, 0.1) is 12.8 Å². The Morgan fingerprint density at radius 3 is 2.74 bits per heavy atom. The lowest BCUT2D eigenvalue weighted by Crippen LogP contribution is -2.32. The van der Waals surface area contributed by atoms with Gasteiger partial charge in [-0.1, -0.05) is 0 Å². The van der Waals surface area contributed by atoms with Crippen LogP contribution in [-0.4, -0.2) is 28.3 Å². The standard InChI is InChI=1S/C13H17F2N3O/c1-9-7-17-11(18-8-9)3-5-16-12(19)10-2-4-13(14,15)6-10/h7-8,10H,2-6H2,1H3,(H,16,19). The smallest absolute Gasteiger partial charge is 0.248 e. The van der Waals surface area contributed by atoms with Crippen molar-refractivity contribution in [2.45, 2.75) is 38.5 Å². The Kier molecular flexibility index (Phi) is 4.07. The fourth-order valence-corrected chi connectivity index (χ4v) is 2.16. The average molecular weight is 269 g/mol. The Balaban J connectivity index is 1.74. The molecule has 1 fully saturated rings. The van der Waals surface area contributed by atoms with Gasteiger partial charge in [0.05, 0.1) is 0 Å². The molecule has 1 heterocycles. The van der Waals surface area contributed by atoms with Gasteiger partial charge >= 0.3 is 0 Å². The van der Waals surface area contributed by atoms with Crippen LogP contribution in [0.3, 0.4) is 0 Å². The van der Waals surface area contributed by atoms with E-state index in [4.69, 9.17) is 0 Å². The van der Waals surface area contributed by atoms with Crippen molar-refractivity contribution in [3.8, 4) is 0 Å². The third kappa shape index (κ3) is 3.94. The zero-order valence-corrected chi connectivity index (χ0v) is 10.8. The Morgan fingerprint density at radius 2 is 2.16 bits per heavy atom. The van der Waals surface area contributed by atoms with Gasteiger partial charge in [-0.05, 0) is 18.9 Å². The highest BCUT2D eigenvalue weighted by Crippen LogP contribution is 2.38. The summed E-state index contributed by atoms with van der Waals surface area (Å²) in [6.45, 7) is 2.27. The van der Waals surface area contributed by atoms with Crippen LogP contribution in [0.1, 0.15) is 30.7 Å². The highest BCUT2D eigenvalue weighted by molar-refractivity contribution is 5.79. The summed E-state index contributed by atoms with van der Waals surface area (Å²) in [6.07, 6.45) is 3.67. The fraction of sp³-hybridized carbons (Fsp3) is 0.615. The molecule has 1 atom stereocenters. The van der Waals surface area contributed by atoms with E-state index in [0.29, 0.717) is 18.8 Å². The second-order valence-corrected chi connectivity index (χ2v) is 5.01. The van der Waals surface area contributed by atoms with Gasteiger partial charge in [0.25, 0.3) is 0 Å². The topological polar surface area (TPSA) is 54.9 Å². The molecule has 0 aliphatic heterocycles. The molecule has 1 aliphatic carbocycles. The molecular formula is C13H17F2N3O. The molecule has 0 radical (unpaired) electrons. The third-order valence-electron chi connectivity index (χ3n) is 3.26. The summed E-state index contributed by atoms with van der Waals surface area (Å²) < 4.78 is 26.0. The number of aryl methyl sites for hydroxylation is 1. The van der Waals surface area contributed by atoms with Crippen molar-refractivity contribution in [2.24, 2.45) is 5.92 Å². The van der Waals surface area contributed by atoms with Crippen molar-refractivity contribution in [3.63, 3.8) is 0 Å². The van der Waals surface area contributed by atoms with Crippen LogP contribution in [-0.2, 0) is 11.2 Å². The molecule has 1 aliphatic rings. The van der Waals surface area contributed by atoms with E-state index in [1.807, 2.05) is 6.92 Å². The van der Waals surface area contributed by atoms with E-state index in [-0.39, 0.29) is 25.2 Å². The lowest BCUT2D eigenvalue weighted by atomic mass is 10.1. The molecule has 1 aromatic heterocycles. The summed E-state index contributed by atoms with van der Waals surface area (Å²) in [5, 5.41) is 2.67. The van der Waals surface area contributed by atoms with Crippen molar-refractivity contribution >= 4 is 5.91 Å². The molecule has 1 aromatic rings. The molecule has 0 aromatic carbocycles. The van der Waals surface area contributed by atoms with Gasteiger partial charge in [0, 0.05) is 44.1 Å². The zero-order valence-electron chi connectivity index (χ0n) is 10.8. The summed E-state index contributed by atoms with van der Waals surface area (Å²) in [5.74, 6) is -2.89. The van der Waals surface area contributed by atoms with Gasteiger partial charge in [-0.25, -0.2) is 18.7 Å². The number of amides is 1. The number of nitrogens with zero attached hydrogens (tertiary/aromatic N) is 2. The first-order valence-electron chi connectivity index (χ1n) is 6.39. The third-order valence-corrected chi connectivity index (χ3v) is 3.26. The second-order valence-electron chi connectivity index (χ2n) is 5.01. The first-order chi connectivity index (χ1) is 8.96. The monoisotopic (exact) mass is 269 g/mol. The van der Waals surface area contributed by atoms with Gasteiger partial charge < -0.3 is 5.32 Å². The second kappa shape index (κ2) is 5.59. The SMILES string of the molecule is Cc1cnc(CCNC(=O)C2CCC(F)(F)C2)nc1. The maximum atomic E-state index is 13.0. The predicted molar refractivity (Wildman–Crippen MR) is 65.8 cm³/mol. The molecule has 4 nitrogen and oxygen atoms in total. The normalized spacial score (nSPS) is 21.3. The van der Waals surface area contributed by atoms with Crippen molar-refractivity contribution in [1.29, 1.82) is 0 Å². The van der Waals surface area contributed by atoms with Crippen LogP contribution in [0.15, 0.2) is 12.4 Å². The van der Waals surface area contributed by atoms with Gasteiger partial charge in [-0.2, -0.15) is 0 Å². The number of hydrogen-bond donors (Lipinski definition) is 1. The number of alkyl halides is 2. The maximum absolute atomic E-state index is 13.0. The average Bonchev–Trinajstić information content (AvgIpc) is 2.72. The zero-order chi connectivity index (χ0) is 13.9. The van der Waals surface area contributed by atoms with E-state index >= 15 is 0 Å². The number of hydrogen-bond acceptors (Lipinski definition) is 3. The summed E-state index contributed by atoms with van der Waals surface area (Å²) in [6, 6.07) is 0. The molecule has 0 spiro atoms. The van der Waals surface area contributed by atoms with Crippen molar-refractivity contribution in [1.82, 2.24) is 15.3 Å². The highest BCUT2D eigenvalue weighted by atomic mass is 19.3. The number of halogens is 2. The summed E-state index contributed by atoms with van der Waals surface area (Å²) in [7, 11) is 0. The summed E-state index contributed by atoms with van der Waals surface area (Å²) >= 11 is 0. The Bertz CT molecular complexity index is 448. The summed E-state index contributed by atoms with van der Waals surface area (Å²) in [4.78, 5) is 19.9. The van der Waals surface area contributed by atoms with E-state index in [1.54, 1.807) is 12.4 Å². The van der Waals surface area contributed by atoms with Crippen molar-refractivity contribution in [2.75, 3.05) is 6.54 Å².